The highest BCUT2D eigenvalue weighted by atomic mass is 19.3. The van der Waals surface area contributed by atoms with E-state index in [1.165, 1.54) is 6.92 Å². The van der Waals surface area contributed by atoms with Crippen molar-refractivity contribution < 1.29 is 27.9 Å². The molecule has 0 amide bonds. The molecule has 0 unspecified atom stereocenters. The van der Waals surface area contributed by atoms with Crippen molar-refractivity contribution >= 4 is 17.5 Å². The zero-order chi connectivity index (χ0) is 25.8. The predicted octanol–water partition coefficient (Wildman–Crippen LogP) is 7.11. The first-order valence-corrected chi connectivity index (χ1v) is 12.9. The maximum atomic E-state index is 14.5. The van der Waals surface area contributed by atoms with Crippen molar-refractivity contribution in [1.82, 2.24) is 0 Å². The zero-order valence-corrected chi connectivity index (χ0v) is 21.3. The molecule has 0 heterocycles. The van der Waals surface area contributed by atoms with E-state index in [1.54, 1.807) is 0 Å². The van der Waals surface area contributed by atoms with E-state index in [-0.39, 0.29) is 42.5 Å². The van der Waals surface area contributed by atoms with E-state index >= 15 is 0 Å². The number of benzene rings is 1. The average molecular weight is 491 g/mol. The van der Waals surface area contributed by atoms with E-state index < -0.39 is 17.6 Å². The lowest BCUT2D eigenvalue weighted by Crippen LogP contribution is -2.36. The van der Waals surface area contributed by atoms with Gasteiger partial charge in [-0.25, -0.2) is 0 Å². The van der Waals surface area contributed by atoms with Gasteiger partial charge in [-0.3, -0.25) is 14.4 Å². The minimum Gasteiger partial charge on any atom is -0.461 e. The van der Waals surface area contributed by atoms with Gasteiger partial charge in [0, 0.05) is 31.1 Å². The average Bonchev–Trinajstić information content (AvgIpc) is 3.17. The summed E-state index contributed by atoms with van der Waals surface area (Å²) in [7, 11) is 0. The van der Waals surface area contributed by atoms with Gasteiger partial charge < -0.3 is 4.74 Å². The first kappa shape index (κ1) is 28.9. The van der Waals surface area contributed by atoms with Crippen molar-refractivity contribution in [2.45, 2.75) is 91.1 Å². The molecule has 0 N–H and O–H groups in total. The molecule has 0 bridgehead atoms. The SMILES string of the molecule is CC(C)C[C@@H](C)C(F)(F)C(=O)CC[C@H]1CCC(=O)[C@@H]1C/C=C\CCCC(=O)OCc1ccccc1. The smallest absolute Gasteiger partial charge is 0.307 e. The Morgan fingerprint density at radius 2 is 1.83 bits per heavy atom. The van der Waals surface area contributed by atoms with E-state index in [1.807, 2.05) is 56.3 Å². The molecule has 0 radical (unpaired) electrons. The molecule has 1 aliphatic carbocycles. The molecule has 1 aliphatic rings. The summed E-state index contributed by atoms with van der Waals surface area (Å²) in [5.74, 6) is -5.52. The largest absolute Gasteiger partial charge is 0.461 e. The van der Waals surface area contributed by atoms with Gasteiger partial charge in [0.15, 0.2) is 0 Å². The van der Waals surface area contributed by atoms with Crippen LogP contribution in [0.4, 0.5) is 8.78 Å². The highest BCUT2D eigenvalue weighted by molar-refractivity contribution is 5.86. The Kier molecular flexibility index (Phi) is 11.8. The molecule has 1 aromatic carbocycles. The van der Waals surface area contributed by atoms with Gasteiger partial charge in [0.1, 0.15) is 12.4 Å². The lowest BCUT2D eigenvalue weighted by molar-refractivity contribution is -0.151. The zero-order valence-electron chi connectivity index (χ0n) is 21.3. The van der Waals surface area contributed by atoms with Crippen LogP contribution in [0.1, 0.15) is 84.1 Å². The van der Waals surface area contributed by atoms with Gasteiger partial charge in [0.05, 0.1) is 0 Å². The first-order chi connectivity index (χ1) is 16.6. The van der Waals surface area contributed by atoms with Gasteiger partial charge in [-0.1, -0.05) is 63.3 Å². The van der Waals surface area contributed by atoms with Crippen LogP contribution in [0, 0.1) is 23.7 Å². The van der Waals surface area contributed by atoms with E-state index in [2.05, 4.69) is 0 Å². The number of ether oxygens (including phenoxy) is 1. The third-order valence-electron chi connectivity index (χ3n) is 6.85. The Hall–Kier alpha value is -2.37. The van der Waals surface area contributed by atoms with Crippen LogP contribution in [-0.2, 0) is 25.7 Å². The third-order valence-corrected chi connectivity index (χ3v) is 6.85. The topological polar surface area (TPSA) is 60.4 Å². The summed E-state index contributed by atoms with van der Waals surface area (Å²) < 4.78 is 34.2. The molecule has 35 heavy (non-hydrogen) atoms. The van der Waals surface area contributed by atoms with Crippen molar-refractivity contribution in [3.63, 3.8) is 0 Å². The van der Waals surface area contributed by atoms with Crippen LogP contribution >= 0.6 is 0 Å². The van der Waals surface area contributed by atoms with Crippen LogP contribution in [0.25, 0.3) is 0 Å². The van der Waals surface area contributed by atoms with Crippen molar-refractivity contribution in [3.8, 4) is 0 Å². The summed E-state index contributed by atoms with van der Waals surface area (Å²) >= 11 is 0. The fraction of sp³-hybridized carbons (Fsp3) is 0.621. The molecule has 0 spiro atoms. The molecule has 0 aliphatic heterocycles. The summed E-state index contributed by atoms with van der Waals surface area (Å²) in [6, 6.07) is 9.52. The standard InChI is InChI=1S/C29H40F2O4/c1-21(2)19-22(3)29(30,31)27(33)18-16-24-15-17-26(32)25(24)13-9-4-5-10-14-28(34)35-20-23-11-7-6-8-12-23/h4,6-9,11-12,21-22,24-25H,5,10,13-20H2,1-3H3/b9-4-/t22-,24-,25-/m1/s1. The highest BCUT2D eigenvalue weighted by Gasteiger charge is 2.44. The third kappa shape index (κ3) is 9.65. The van der Waals surface area contributed by atoms with E-state index in [4.69, 9.17) is 4.74 Å². The number of esters is 1. The lowest BCUT2D eigenvalue weighted by atomic mass is 9.85. The molecule has 2 rings (SSSR count). The molecule has 3 atom stereocenters. The number of allylic oxidation sites excluding steroid dienone is 2. The van der Waals surface area contributed by atoms with Crippen LogP contribution in [0.3, 0.4) is 0 Å². The number of halogens is 2. The minimum absolute atomic E-state index is 0.0275. The summed E-state index contributed by atoms with van der Waals surface area (Å²) in [5, 5.41) is 0. The number of alkyl halides is 2. The number of rotatable bonds is 15. The van der Waals surface area contributed by atoms with Crippen LogP contribution in [0.15, 0.2) is 42.5 Å². The van der Waals surface area contributed by atoms with Gasteiger partial charge in [-0.15, -0.1) is 0 Å². The Labute approximate surface area is 208 Å². The molecular weight excluding hydrogens is 450 g/mol. The number of carbonyl (C=O) groups excluding carboxylic acids is 3. The number of ketones is 2. The predicted molar refractivity (Wildman–Crippen MR) is 133 cm³/mol. The summed E-state index contributed by atoms with van der Waals surface area (Å²) in [5.41, 5.74) is 0.951. The van der Waals surface area contributed by atoms with Crippen molar-refractivity contribution in [1.29, 1.82) is 0 Å². The normalized spacial score (nSPS) is 19.4. The van der Waals surface area contributed by atoms with Crippen molar-refractivity contribution in [2.24, 2.45) is 23.7 Å². The van der Waals surface area contributed by atoms with Crippen molar-refractivity contribution in [3.05, 3.63) is 48.0 Å². The fourth-order valence-electron chi connectivity index (χ4n) is 4.79. The van der Waals surface area contributed by atoms with E-state index in [9.17, 15) is 23.2 Å². The molecule has 6 heteroatoms. The van der Waals surface area contributed by atoms with Gasteiger partial charge in [0.25, 0.3) is 0 Å². The first-order valence-electron chi connectivity index (χ1n) is 12.9. The molecule has 0 aromatic heterocycles. The van der Waals surface area contributed by atoms with E-state index in [0.717, 1.165) is 5.56 Å². The van der Waals surface area contributed by atoms with Gasteiger partial charge in [-0.2, -0.15) is 8.78 Å². The molecule has 1 fully saturated rings. The van der Waals surface area contributed by atoms with Crippen LogP contribution in [0.2, 0.25) is 0 Å². The number of hydrogen-bond donors (Lipinski definition) is 0. The van der Waals surface area contributed by atoms with Crippen molar-refractivity contribution in [2.75, 3.05) is 0 Å². The van der Waals surface area contributed by atoms with Gasteiger partial charge >= 0.3 is 11.9 Å². The quantitative estimate of drug-likeness (QED) is 0.149. The second kappa shape index (κ2) is 14.3. The Morgan fingerprint density at radius 3 is 2.51 bits per heavy atom. The number of hydrogen-bond acceptors (Lipinski definition) is 4. The molecule has 4 nitrogen and oxygen atoms in total. The molecular formula is C29H40F2O4. The monoisotopic (exact) mass is 490 g/mol. The minimum atomic E-state index is -3.31. The number of carbonyl (C=O) groups is 3. The summed E-state index contributed by atoms with van der Waals surface area (Å²) in [6.45, 7) is 5.45. The molecule has 194 valence electrons. The van der Waals surface area contributed by atoms with Gasteiger partial charge in [0.2, 0.25) is 5.78 Å². The molecule has 1 saturated carbocycles. The molecule has 0 saturated heterocycles. The van der Waals surface area contributed by atoms with E-state index in [0.29, 0.717) is 51.4 Å². The fourth-order valence-corrected chi connectivity index (χ4v) is 4.79. The number of unbranched alkanes of at least 4 members (excludes halogenated alkanes) is 1. The second-order valence-corrected chi connectivity index (χ2v) is 10.2. The Balaban J connectivity index is 1.70. The summed E-state index contributed by atoms with van der Waals surface area (Å²) in [6.07, 6.45) is 7.70. The van der Waals surface area contributed by atoms with Crippen LogP contribution < -0.4 is 0 Å². The molecule has 1 aromatic rings. The van der Waals surface area contributed by atoms with Gasteiger partial charge in [-0.05, 0) is 55.9 Å². The maximum Gasteiger partial charge on any atom is 0.307 e. The second-order valence-electron chi connectivity index (χ2n) is 10.2. The maximum absolute atomic E-state index is 14.5. The summed E-state index contributed by atoms with van der Waals surface area (Å²) in [4.78, 5) is 36.5. The Morgan fingerprint density at radius 1 is 1.11 bits per heavy atom. The van der Waals surface area contributed by atoms with Crippen LogP contribution in [0.5, 0.6) is 0 Å². The lowest BCUT2D eigenvalue weighted by Gasteiger charge is -2.25. The number of Topliss-reactive ketones (excluding diaryl/α,β-unsaturated/α-hetero) is 2. The highest BCUT2D eigenvalue weighted by Crippen LogP contribution is 2.37. The Bertz CT molecular complexity index is 847. The van der Waals surface area contributed by atoms with Crippen LogP contribution in [-0.4, -0.2) is 23.5 Å².